The highest BCUT2D eigenvalue weighted by molar-refractivity contribution is 6.34. The quantitative estimate of drug-likeness (QED) is 0.637. The van der Waals surface area contributed by atoms with E-state index in [4.69, 9.17) is 28.9 Å². The van der Waals surface area contributed by atoms with Crippen molar-refractivity contribution in [2.75, 3.05) is 6.61 Å². The molecule has 2 amide bonds. The van der Waals surface area contributed by atoms with Crippen molar-refractivity contribution in [2.24, 2.45) is 5.73 Å². The summed E-state index contributed by atoms with van der Waals surface area (Å²) in [4.78, 5) is 26.1. The van der Waals surface area contributed by atoms with E-state index < -0.39 is 18.4 Å². The Morgan fingerprint density at radius 1 is 1.39 bits per heavy atom. The van der Waals surface area contributed by atoms with E-state index in [-0.39, 0.29) is 0 Å². The molecule has 0 atom stereocenters. The van der Waals surface area contributed by atoms with Gasteiger partial charge < -0.3 is 5.73 Å². The molecule has 3 N–H and O–H groups in total. The molecule has 0 unspecified atom stereocenters. The molecule has 1 aromatic rings. The molecular formula is C11H10Cl2N2O3. The van der Waals surface area contributed by atoms with Crippen LogP contribution in [-0.4, -0.2) is 18.4 Å². The number of carbonyl (C=O) groups excluding carboxylic acids is 2. The zero-order valence-corrected chi connectivity index (χ0v) is 10.7. The first kappa shape index (κ1) is 14.5. The topological polar surface area (TPSA) is 81.4 Å². The summed E-state index contributed by atoms with van der Waals surface area (Å²) in [6.07, 6.45) is 2.66. The van der Waals surface area contributed by atoms with Crippen LogP contribution < -0.4 is 11.2 Å². The average Bonchev–Trinajstić information content (AvgIpc) is 2.30. The molecule has 0 spiro atoms. The molecule has 18 heavy (non-hydrogen) atoms. The summed E-state index contributed by atoms with van der Waals surface area (Å²) in [6.45, 7) is -0.391. The van der Waals surface area contributed by atoms with E-state index in [0.29, 0.717) is 15.6 Å². The molecule has 0 aliphatic carbocycles. The third-order valence-corrected chi connectivity index (χ3v) is 2.34. The zero-order valence-electron chi connectivity index (χ0n) is 9.15. The third kappa shape index (κ3) is 5.18. The van der Waals surface area contributed by atoms with E-state index >= 15 is 0 Å². The van der Waals surface area contributed by atoms with E-state index in [1.807, 2.05) is 5.48 Å². The standard InChI is InChI=1S/C11H10Cl2N2O3/c12-8-2-3-9(13)7(5-8)1-4-11(17)15-18-6-10(14)16/h1-5H,6H2,(H2,14,16)(H,15,17)/b4-1+. The molecule has 0 fully saturated rings. The zero-order chi connectivity index (χ0) is 13.5. The molecule has 0 heterocycles. The van der Waals surface area contributed by atoms with Crippen molar-refractivity contribution in [3.8, 4) is 0 Å². The monoisotopic (exact) mass is 288 g/mol. The SMILES string of the molecule is NC(=O)CONC(=O)/C=C/c1cc(Cl)ccc1Cl. The summed E-state index contributed by atoms with van der Waals surface area (Å²) in [6, 6.07) is 4.86. The molecule has 1 aromatic carbocycles. The van der Waals surface area contributed by atoms with Crippen LogP contribution in [0.4, 0.5) is 0 Å². The van der Waals surface area contributed by atoms with Gasteiger partial charge in [0.1, 0.15) is 0 Å². The van der Waals surface area contributed by atoms with Crippen LogP contribution in [0, 0.1) is 0 Å². The number of primary amides is 1. The average molecular weight is 289 g/mol. The van der Waals surface area contributed by atoms with Gasteiger partial charge in [-0.15, -0.1) is 0 Å². The minimum atomic E-state index is -0.683. The second kappa shape index (κ2) is 7.00. The van der Waals surface area contributed by atoms with E-state index in [2.05, 4.69) is 4.84 Å². The lowest BCUT2D eigenvalue weighted by atomic mass is 10.2. The van der Waals surface area contributed by atoms with Crippen LogP contribution in [0.1, 0.15) is 5.56 Å². The lowest BCUT2D eigenvalue weighted by Gasteiger charge is -2.01. The molecule has 0 aliphatic heterocycles. The maximum Gasteiger partial charge on any atom is 0.267 e. The molecule has 1 rings (SSSR count). The van der Waals surface area contributed by atoms with Crippen LogP contribution in [0.25, 0.3) is 6.08 Å². The van der Waals surface area contributed by atoms with Crippen LogP contribution in [-0.2, 0) is 14.4 Å². The van der Waals surface area contributed by atoms with Crippen LogP contribution in [0.5, 0.6) is 0 Å². The number of hydroxylamine groups is 1. The maximum atomic E-state index is 11.2. The number of carbonyl (C=O) groups is 2. The normalized spacial score (nSPS) is 10.6. The Labute approximate surface area is 113 Å². The number of rotatable bonds is 5. The lowest BCUT2D eigenvalue weighted by molar-refractivity contribution is -0.134. The summed E-state index contributed by atoms with van der Waals surface area (Å²) < 4.78 is 0. The molecular weight excluding hydrogens is 279 g/mol. The predicted molar refractivity (Wildman–Crippen MR) is 68.8 cm³/mol. The summed E-state index contributed by atoms with van der Waals surface area (Å²) in [5.41, 5.74) is 7.42. The molecule has 0 aromatic heterocycles. The molecule has 96 valence electrons. The highest BCUT2D eigenvalue weighted by atomic mass is 35.5. The fourth-order valence-corrected chi connectivity index (χ4v) is 1.38. The van der Waals surface area contributed by atoms with Crippen molar-refractivity contribution in [3.05, 3.63) is 39.9 Å². The number of hydrogen-bond donors (Lipinski definition) is 2. The predicted octanol–water partition coefficient (Wildman–Crippen LogP) is 1.54. The Morgan fingerprint density at radius 2 is 2.11 bits per heavy atom. The van der Waals surface area contributed by atoms with Gasteiger partial charge in [-0.1, -0.05) is 23.2 Å². The maximum absolute atomic E-state index is 11.2. The van der Waals surface area contributed by atoms with Gasteiger partial charge in [0, 0.05) is 16.1 Å². The van der Waals surface area contributed by atoms with Gasteiger partial charge in [-0.2, -0.15) is 0 Å². The number of amides is 2. The smallest absolute Gasteiger partial charge is 0.267 e. The van der Waals surface area contributed by atoms with Gasteiger partial charge in [-0.05, 0) is 29.8 Å². The first-order chi connectivity index (χ1) is 8.49. The first-order valence-electron chi connectivity index (χ1n) is 4.82. The van der Waals surface area contributed by atoms with E-state index in [9.17, 15) is 9.59 Å². The van der Waals surface area contributed by atoms with Gasteiger partial charge in [-0.3, -0.25) is 14.4 Å². The van der Waals surface area contributed by atoms with Gasteiger partial charge in [0.05, 0.1) is 0 Å². The molecule has 0 saturated carbocycles. The Kier molecular flexibility index (Phi) is 5.64. The van der Waals surface area contributed by atoms with Crippen molar-refractivity contribution in [1.82, 2.24) is 5.48 Å². The van der Waals surface area contributed by atoms with E-state index in [1.54, 1.807) is 18.2 Å². The van der Waals surface area contributed by atoms with Crippen molar-refractivity contribution in [2.45, 2.75) is 0 Å². The Bertz CT molecular complexity index is 489. The Morgan fingerprint density at radius 3 is 2.78 bits per heavy atom. The van der Waals surface area contributed by atoms with E-state index in [1.165, 1.54) is 12.2 Å². The second-order valence-electron chi connectivity index (χ2n) is 3.22. The first-order valence-corrected chi connectivity index (χ1v) is 5.58. The van der Waals surface area contributed by atoms with Crippen LogP contribution in [0.15, 0.2) is 24.3 Å². The minimum absolute atomic E-state index is 0.391. The summed E-state index contributed by atoms with van der Waals surface area (Å²) in [7, 11) is 0. The van der Waals surface area contributed by atoms with Crippen LogP contribution in [0.3, 0.4) is 0 Å². The van der Waals surface area contributed by atoms with Crippen LogP contribution >= 0.6 is 23.2 Å². The molecule has 0 aliphatic rings. The van der Waals surface area contributed by atoms with Gasteiger partial charge in [0.25, 0.3) is 5.91 Å². The summed E-state index contributed by atoms with van der Waals surface area (Å²) in [5, 5.41) is 0.964. The number of hydrogen-bond acceptors (Lipinski definition) is 3. The van der Waals surface area contributed by atoms with Crippen LogP contribution in [0.2, 0.25) is 10.0 Å². The summed E-state index contributed by atoms with van der Waals surface area (Å²) >= 11 is 11.7. The largest absolute Gasteiger partial charge is 0.368 e. The number of nitrogens with one attached hydrogen (secondary N) is 1. The van der Waals surface area contributed by atoms with Crippen molar-refractivity contribution < 1.29 is 14.4 Å². The van der Waals surface area contributed by atoms with Gasteiger partial charge in [0.15, 0.2) is 6.61 Å². The third-order valence-electron chi connectivity index (χ3n) is 1.76. The number of halogens is 2. The van der Waals surface area contributed by atoms with Crippen molar-refractivity contribution in [1.29, 1.82) is 0 Å². The highest BCUT2D eigenvalue weighted by Gasteiger charge is 2.00. The fourth-order valence-electron chi connectivity index (χ4n) is 1.02. The van der Waals surface area contributed by atoms with Gasteiger partial charge in [-0.25, -0.2) is 5.48 Å². The van der Waals surface area contributed by atoms with Crippen molar-refractivity contribution >= 4 is 41.1 Å². The lowest BCUT2D eigenvalue weighted by Crippen LogP contribution is -2.28. The fraction of sp³-hybridized carbons (Fsp3) is 0.0909. The van der Waals surface area contributed by atoms with Gasteiger partial charge in [0.2, 0.25) is 5.91 Å². The molecule has 5 nitrogen and oxygen atoms in total. The molecule has 0 radical (unpaired) electrons. The number of benzene rings is 1. The number of nitrogens with two attached hydrogens (primary N) is 1. The Balaban J connectivity index is 2.55. The molecule has 0 saturated heterocycles. The van der Waals surface area contributed by atoms with Crippen molar-refractivity contribution in [3.63, 3.8) is 0 Å². The highest BCUT2D eigenvalue weighted by Crippen LogP contribution is 2.21. The van der Waals surface area contributed by atoms with Gasteiger partial charge >= 0.3 is 0 Å². The molecule has 0 bridgehead atoms. The Hall–Kier alpha value is -1.56. The summed E-state index contributed by atoms with van der Waals surface area (Å²) in [5.74, 6) is -1.23. The second-order valence-corrected chi connectivity index (χ2v) is 4.06. The molecule has 7 heteroatoms. The van der Waals surface area contributed by atoms with E-state index in [0.717, 1.165) is 0 Å². The minimum Gasteiger partial charge on any atom is -0.368 e.